The van der Waals surface area contributed by atoms with Crippen molar-refractivity contribution in [2.75, 3.05) is 0 Å². The van der Waals surface area contributed by atoms with Crippen molar-refractivity contribution in [3.63, 3.8) is 0 Å². The van der Waals surface area contributed by atoms with Gasteiger partial charge in [0.1, 0.15) is 23.3 Å². The Kier molecular flexibility index (Phi) is 3.70. The average Bonchev–Trinajstić information content (AvgIpc) is 2.85. The second-order valence-corrected chi connectivity index (χ2v) is 5.55. The molecule has 0 bridgehead atoms. The van der Waals surface area contributed by atoms with E-state index in [-0.39, 0.29) is 6.42 Å². The molecule has 0 amide bonds. The molecule has 0 aliphatic rings. The third-order valence-electron chi connectivity index (χ3n) is 3.45. The molecule has 4 heteroatoms. The maximum Gasteiger partial charge on any atom is 0.134 e. The predicted octanol–water partition coefficient (Wildman–Crippen LogP) is 4.81. The molecular formula is C17H14ClFO2. The van der Waals surface area contributed by atoms with E-state index in [1.807, 2.05) is 31.2 Å². The van der Waals surface area contributed by atoms with Gasteiger partial charge in [-0.15, -0.1) is 0 Å². The molecule has 0 saturated carbocycles. The van der Waals surface area contributed by atoms with E-state index in [0.29, 0.717) is 16.3 Å². The summed E-state index contributed by atoms with van der Waals surface area (Å²) in [4.78, 5) is 0. The Bertz CT molecular complexity index is 795. The minimum atomic E-state index is -0.819. The minimum absolute atomic E-state index is 0.276. The first kappa shape index (κ1) is 14.1. The van der Waals surface area contributed by atoms with Gasteiger partial charge in [0, 0.05) is 16.8 Å². The number of aliphatic hydroxyl groups excluding tert-OH is 1. The molecule has 1 unspecified atom stereocenters. The van der Waals surface area contributed by atoms with E-state index in [9.17, 15) is 9.50 Å². The van der Waals surface area contributed by atoms with Crippen LogP contribution in [0.4, 0.5) is 4.39 Å². The van der Waals surface area contributed by atoms with Gasteiger partial charge in [-0.2, -0.15) is 0 Å². The smallest absolute Gasteiger partial charge is 0.134 e. The summed E-state index contributed by atoms with van der Waals surface area (Å²) in [7, 11) is 0. The minimum Gasteiger partial charge on any atom is -0.458 e. The van der Waals surface area contributed by atoms with E-state index in [0.717, 1.165) is 16.5 Å². The van der Waals surface area contributed by atoms with Crippen LogP contribution in [0, 0.1) is 12.7 Å². The van der Waals surface area contributed by atoms with Gasteiger partial charge in [0.25, 0.3) is 0 Å². The molecule has 3 rings (SSSR count). The van der Waals surface area contributed by atoms with Gasteiger partial charge >= 0.3 is 0 Å². The predicted molar refractivity (Wildman–Crippen MR) is 81.0 cm³/mol. The van der Waals surface area contributed by atoms with Crippen molar-refractivity contribution in [2.24, 2.45) is 0 Å². The first-order chi connectivity index (χ1) is 10.0. The second-order valence-electron chi connectivity index (χ2n) is 5.15. The summed E-state index contributed by atoms with van der Waals surface area (Å²) < 4.78 is 18.7. The van der Waals surface area contributed by atoms with Gasteiger partial charge in [-0.25, -0.2) is 4.39 Å². The molecule has 108 valence electrons. The van der Waals surface area contributed by atoms with Crippen molar-refractivity contribution in [3.8, 4) is 0 Å². The van der Waals surface area contributed by atoms with Crippen molar-refractivity contribution >= 4 is 22.6 Å². The summed E-state index contributed by atoms with van der Waals surface area (Å²) in [5.74, 6) is 0.0912. The topological polar surface area (TPSA) is 33.4 Å². The van der Waals surface area contributed by atoms with Gasteiger partial charge in [0.2, 0.25) is 0 Å². The number of benzene rings is 2. The first-order valence-corrected chi connectivity index (χ1v) is 7.03. The third-order valence-corrected chi connectivity index (χ3v) is 3.80. The molecule has 1 N–H and O–H groups in total. The van der Waals surface area contributed by atoms with E-state index in [4.69, 9.17) is 16.0 Å². The lowest BCUT2D eigenvalue weighted by molar-refractivity contribution is 0.152. The van der Waals surface area contributed by atoms with Crippen LogP contribution in [0.2, 0.25) is 5.02 Å². The third kappa shape index (κ3) is 2.94. The summed E-state index contributed by atoms with van der Waals surface area (Å²) in [5.41, 5.74) is 2.55. The molecule has 0 aliphatic carbocycles. The molecule has 3 aromatic rings. The number of aliphatic hydroxyl groups is 1. The fraction of sp³-hybridized carbons (Fsp3) is 0.176. The number of hydrogen-bond acceptors (Lipinski definition) is 2. The maximum atomic E-state index is 13.0. The van der Waals surface area contributed by atoms with Crippen LogP contribution < -0.4 is 0 Å². The van der Waals surface area contributed by atoms with Crippen molar-refractivity contribution in [1.29, 1.82) is 0 Å². The second kappa shape index (κ2) is 5.51. The quantitative estimate of drug-likeness (QED) is 0.753. The highest BCUT2D eigenvalue weighted by Gasteiger charge is 2.16. The van der Waals surface area contributed by atoms with Gasteiger partial charge in [-0.3, -0.25) is 0 Å². The molecule has 0 saturated heterocycles. The van der Waals surface area contributed by atoms with Crippen LogP contribution in [0.15, 0.2) is 46.9 Å². The van der Waals surface area contributed by atoms with Crippen molar-refractivity contribution in [3.05, 3.63) is 70.2 Å². The zero-order valence-electron chi connectivity index (χ0n) is 11.4. The molecule has 2 aromatic carbocycles. The van der Waals surface area contributed by atoms with Crippen molar-refractivity contribution < 1.29 is 13.9 Å². The van der Waals surface area contributed by atoms with Crippen LogP contribution in [0.25, 0.3) is 11.0 Å². The number of halogens is 2. The fourth-order valence-electron chi connectivity index (χ4n) is 2.34. The Hall–Kier alpha value is -1.84. The van der Waals surface area contributed by atoms with E-state index in [1.54, 1.807) is 6.07 Å². The highest BCUT2D eigenvalue weighted by molar-refractivity contribution is 6.31. The van der Waals surface area contributed by atoms with E-state index >= 15 is 0 Å². The fourth-order valence-corrected chi connectivity index (χ4v) is 2.59. The molecule has 1 aromatic heterocycles. The van der Waals surface area contributed by atoms with E-state index in [2.05, 4.69) is 0 Å². The van der Waals surface area contributed by atoms with E-state index < -0.39 is 11.9 Å². The zero-order chi connectivity index (χ0) is 15.0. The summed E-state index contributed by atoms with van der Waals surface area (Å²) in [5, 5.41) is 11.6. The number of hydrogen-bond donors (Lipinski definition) is 1. The van der Waals surface area contributed by atoms with Gasteiger partial charge in [-0.1, -0.05) is 29.3 Å². The van der Waals surface area contributed by atoms with Crippen molar-refractivity contribution in [1.82, 2.24) is 0 Å². The standard InChI is InChI=1S/C17H14ClFO2/c1-10-2-5-16-12(6-10)8-17(21-16)15(20)7-11-3-4-13(19)9-14(11)18/h2-6,8-9,15,20H,7H2,1H3. The number of rotatable bonds is 3. The molecule has 0 radical (unpaired) electrons. The van der Waals surface area contributed by atoms with Crippen LogP contribution in [0.5, 0.6) is 0 Å². The SMILES string of the molecule is Cc1ccc2oc(C(O)Cc3ccc(F)cc3Cl)cc2c1. The highest BCUT2D eigenvalue weighted by atomic mass is 35.5. The first-order valence-electron chi connectivity index (χ1n) is 6.65. The van der Waals surface area contributed by atoms with Crippen LogP contribution >= 0.6 is 11.6 Å². The van der Waals surface area contributed by atoms with Crippen LogP contribution in [-0.4, -0.2) is 5.11 Å². The lowest BCUT2D eigenvalue weighted by Gasteiger charge is -2.09. The molecule has 0 aliphatic heterocycles. The highest BCUT2D eigenvalue weighted by Crippen LogP contribution is 2.28. The molecule has 1 atom stereocenters. The van der Waals surface area contributed by atoms with Gasteiger partial charge < -0.3 is 9.52 Å². The summed E-state index contributed by atoms with van der Waals surface area (Å²) in [6.07, 6.45) is -0.543. The summed E-state index contributed by atoms with van der Waals surface area (Å²) in [6, 6.07) is 11.8. The lowest BCUT2D eigenvalue weighted by Crippen LogP contribution is -2.01. The molecule has 21 heavy (non-hydrogen) atoms. The van der Waals surface area contributed by atoms with E-state index in [1.165, 1.54) is 12.1 Å². The summed E-state index contributed by atoms with van der Waals surface area (Å²) in [6.45, 7) is 2.00. The Morgan fingerprint density at radius 3 is 2.76 bits per heavy atom. The van der Waals surface area contributed by atoms with Gasteiger partial charge in [0.05, 0.1) is 0 Å². The average molecular weight is 305 g/mol. The monoisotopic (exact) mass is 304 g/mol. The number of aryl methyl sites for hydroxylation is 1. The van der Waals surface area contributed by atoms with Crippen LogP contribution in [-0.2, 0) is 6.42 Å². The Balaban J connectivity index is 1.87. The summed E-state index contributed by atoms with van der Waals surface area (Å²) >= 11 is 5.98. The molecule has 0 spiro atoms. The maximum absolute atomic E-state index is 13.0. The number of fused-ring (bicyclic) bond motifs is 1. The molecule has 1 heterocycles. The normalized spacial score (nSPS) is 12.8. The Labute approximate surface area is 126 Å². The largest absolute Gasteiger partial charge is 0.458 e. The molecule has 2 nitrogen and oxygen atoms in total. The van der Waals surface area contributed by atoms with Gasteiger partial charge in [-0.05, 0) is 42.8 Å². The van der Waals surface area contributed by atoms with Gasteiger partial charge in [0.15, 0.2) is 0 Å². The molecule has 0 fully saturated rings. The zero-order valence-corrected chi connectivity index (χ0v) is 12.2. The Morgan fingerprint density at radius 1 is 1.19 bits per heavy atom. The lowest BCUT2D eigenvalue weighted by atomic mass is 10.1. The van der Waals surface area contributed by atoms with Crippen LogP contribution in [0.3, 0.4) is 0 Å². The molecular weight excluding hydrogens is 291 g/mol. The van der Waals surface area contributed by atoms with Crippen molar-refractivity contribution in [2.45, 2.75) is 19.4 Å². The number of furan rings is 1. The van der Waals surface area contributed by atoms with Crippen LogP contribution in [0.1, 0.15) is 23.0 Å². The Morgan fingerprint density at radius 2 is 2.00 bits per heavy atom.